The van der Waals surface area contributed by atoms with Gasteiger partial charge in [0.2, 0.25) is 10.0 Å². The highest BCUT2D eigenvalue weighted by molar-refractivity contribution is 7.89. The highest BCUT2D eigenvalue weighted by Gasteiger charge is 2.19. The van der Waals surface area contributed by atoms with Gasteiger partial charge in [-0.3, -0.25) is 0 Å². The van der Waals surface area contributed by atoms with E-state index >= 15 is 0 Å². The Labute approximate surface area is 125 Å². The minimum atomic E-state index is -3.65. The maximum atomic E-state index is 13.3. The molecule has 0 aliphatic carbocycles. The molecule has 21 heavy (non-hydrogen) atoms. The SMILES string of the molecule is Cc1cc(F)c(N)cc1S(=O)(=O)NCCN1CCCCC1. The molecule has 0 unspecified atom stereocenters. The van der Waals surface area contributed by atoms with Crippen LogP contribution in [0.5, 0.6) is 0 Å². The number of rotatable bonds is 5. The van der Waals surface area contributed by atoms with Gasteiger partial charge in [0.05, 0.1) is 10.6 Å². The van der Waals surface area contributed by atoms with Gasteiger partial charge in [-0.2, -0.15) is 0 Å². The summed E-state index contributed by atoms with van der Waals surface area (Å²) in [6, 6.07) is 2.32. The molecule has 1 fully saturated rings. The molecule has 0 bridgehead atoms. The zero-order chi connectivity index (χ0) is 15.5. The summed E-state index contributed by atoms with van der Waals surface area (Å²) in [7, 11) is -3.65. The molecule has 5 nitrogen and oxygen atoms in total. The van der Waals surface area contributed by atoms with Gasteiger partial charge in [0.25, 0.3) is 0 Å². The van der Waals surface area contributed by atoms with E-state index in [0.29, 0.717) is 18.7 Å². The minimum absolute atomic E-state index is 0.0417. The van der Waals surface area contributed by atoms with E-state index in [-0.39, 0.29) is 10.6 Å². The molecule has 1 aromatic rings. The van der Waals surface area contributed by atoms with Crippen LogP contribution in [0.3, 0.4) is 0 Å². The first-order valence-electron chi connectivity index (χ1n) is 7.18. The average Bonchev–Trinajstić information content (AvgIpc) is 2.43. The number of likely N-dealkylation sites (tertiary alicyclic amines) is 1. The molecule has 1 aliphatic rings. The van der Waals surface area contributed by atoms with E-state index in [2.05, 4.69) is 9.62 Å². The molecule has 1 heterocycles. The summed E-state index contributed by atoms with van der Waals surface area (Å²) >= 11 is 0. The fraction of sp³-hybridized carbons (Fsp3) is 0.571. The molecule has 1 aromatic carbocycles. The molecule has 7 heteroatoms. The Balaban J connectivity index is 1.99. The molecule has 0 atom stereocenters. The summed E-state index contributed by atoms with van der Waals surface area (Å²) in [6.07, 6.45) is 3.58. The minimum Gasteiger partial charge on any atom is -0.396 e. The summed E-state index contributed by atoms with van der Waals surface area (Å²) in [5.41, 5.74) is 5.65. The number of anilines is 1. The third-order valence-electron chi connectivity index (χ3n) is 3.75. The molecule has 1 aliphatic heterocycles. The van der Waals surface area contributed by atoms with Gasteiger partial charge in [0.1, 0.15) is 5.82 Å². The largest absolute Gasteiger partial charge is 0.396 e. The van der Waals surface area contributed by atoms with E-state index in [1.807, 2.05) is 0 Å². The summed E-state index contributed by atoms with van der Waals surface area (Å²) in [5.74, 6) is -0.597. The van der Waals surface area contributed by atoms with Crippen molar-refractivity contribution in [1.82, 2.24) is 9.62 Å². The van der Waals surface area contributed by atoms with E-state index in [0.717, 1.165) is 19.2 Å². The van der Waals surface area contributed by atoms with E-state index < -0.39 is 15.8 Å². The van der Waals surface area contributed by atoms with Crippen molar-refractivity contribution in [2.24, 2.45) is 0 Å². The van der Waals surface area contributed by atoms with Crippen molar-refractivity contribution in [3.05, 3.63) is 23.5 Å². The highest BCUT2D eigenvalue weighted by Crippen LogP contribution is 2.21. The molecule has 0 amide bonds. The van der Waals surface area contributed by atoms with Crippen LogP contribution in [0.25, 0.3) is 0 Å². The zero-order valence-corrected chi connectivity index (χ0v) is 13.0. The summed E-state index contributed by atoms with van der Waals surface area (Å²) in [6.45, 7) is 4.63. The topological polar surface area (TPSA) is 75.4 Å². The summed E-state index contributed by atoms with van der Waals surface area (Å²) in [4.78, 5) is 2.29. The molecular formula is C14H22FN3O2S. The second kappa shape index (κ2) is 6.72. The van der Waals surface area contributed by atoms with Crippen LogP contribution in [0.4, 0.5) is 10.1 Å². The number of benzene rings is 1. The van der Waals surface area contributed by atoms with Gasteiger partial charge in [-0.15, -0.1) is 0 Å². The van der Waals surface area contributed by atoms with Gasteiger partial charge in [0, 0.05) is 13.1 Å². The molecule has 0 radical (unpaired) electrons. The van der Waals surface area contributed by atoms with Gasteiger partial charge in [-0.25, -0.2) is 17.5 Å². The first-order valence-corrected chi connectivity index (χ1v) is 8.66. The third kappa shape index (κ3) is 4.15. The summed E-state index contributed by atoms with van der Waals surface area (Å²) < 4.78 is 40.4. The van der Waals surface area contributed by atoms with Crippen LogP contribution < -0.4 is 10.5 Å². The number of hydrogen-bond acceptors (Lipinski definition) is 4. The lowest BCUT2D eigenvalue weighted by Gasteiger charge is -2.26. The fourth-order valence-electron chi connectivity index (χ4n) is 2.56. The fourth-order valence-corrected chi connectivity index (χ4v) is 3.84. The third-order valence-corrected chi connectivity index (χ3v) is 5.36. The van der Waals surface area contributed by atoms with Crippen LogP contribution in [0.1, 0.15) is 24.8 Å². The second-order valence-electron chi connectivity index (χ2n) is 5.44. The lowest BCUT2D eigenvalue weighted by Crippen LogP contribution is -2.37. The first kappa shape index (κ1) is 16.2. The van der Waals surface area contributed by atoms with Crippen molar-refractivity contribution in [1.29, 1.82) is 0 Å². The Kier molecular flexibility index (Phi) is 5.18. The van der Waals surface area contributed by atoms with E-state index in [1.165, 1.54) is 25.3 Å². The molecular weight excluding hydrogens is 293 g/mol. The smallest absolute Gasteiger partial charge is 0.240 e. The first-order chi connectivity index (χ1) is 9.90. The Morgan fingerprint density at radius 2 is 1.95 bits per heavy atom. The molecule has 1 saturated heterocycles. The van der Waals surface area contributed by atoms with Crippen LogP contribution in [0.2, 0.25) is 0 Å². The predicted octanol–water partition coefficient (Wildman–Crippen LogP) is 1.48. The molecule has 2 rings (SSSR count). The van der Waals surface area contributed by atoms with Crippen molar-refractivity contribution in [3.63, 3.8) is 0 Å². The van der Waals surface area contributed by atoms with Gasteiger partial charge in [0.15, 0.2) is 0 Å². The zero-order valence-electron chi connectivity index (χ0n) is 12.2. The van der Waals surface area contributed by atoms with E-state index in [1.54, 1.807) is 6.92 Å². The number of sulfonamides is 1. The Hall–Kier alpha value is -1.18. The Morgan fingerprint density at radius 1 is 1.29 bits per heavy atom. The van der Waals surface area contributed by atoms with Crippen molar-refractivity contribution >= 4 is 15.7 Å². The predicted molar refractivity (Wildman–Crippen MR) is 81.0 cm³/mol. The number of hydrogen-bond donors (Lipinski definition) is 2. The molecule has 3 N–H and O–H groups in total. The van der Waals surface area contributed by atoms with Gasteiger partial charge >= 0.3 is 0 Å². The Bertz CT molecular complexity index is 598. The van der Waals surface area contributed by atoms with Crippen LogP contribution in [0, 0.1) is 12.7 Å². The number of nitrogens with one attached hydrogen (secondary N) is 1. The number of halogens is 1. The lowest BCUT2D eigenvalue weighted by atomic mass is 10.1. The average molecular weight is 315 g/mol. The number of nitrogens with two attached hydrogens (primary N) is 1. The van der Waals surface area contributed by atoms with Gasteiger partial charge < -0.3 is 10.6 Å². The van der Waals surface area contributed by atoms with Crippen LogP contribution in [-0.4, -0.2) is 39.5 Å². The van der Waals surface area contributed by atoms with E-state index in [9.17, 15) is 12.8 Å². The van der Waals surface area contributed by atoms with Crippen LogP contribution >= 0.6 is 0 Å². The summed E-state index contributed by atoms with van der Waals surface area (Å²) in [5, 5.41) is 0. The standard InChI is InChI=1S/C14H22FN3O2S/c1-11-9-12(15)13(16)10-14(11)21(19,20)17-5-8-18-6-3-2-4-7-18/h9-10,17H,2-8,16H2,1H3. The number of aryl methyl sites for hydroxylation is 1. The van der Waals surface area contributed by atoms with E-state index in [4.69, 9.17) is 5.73 Å². The van der Waals surface area contributed by atoms with Crippen molar-refractivity contribution in [3.8, 4) is 0 Å². The molecule has 0 aromatic heterocycles. The second-order valence-corrected chi connectivity index (χ2v) is 7.17. The van der Waals surface area contributed by atoms with Gasteiger partial charge in [-0.1, -0.05) is 6.42 Å². The quantitative estimate of drug-likeness (QED) is 0.807. The van der Waals surface area contributed by atoms with Crippen molar-refractivity contribution in [2.45, 2.75) is 31.1 Å². The Morgan fingerprint density at radius 3 is 2.62 bits per heavy atom. The van der Waals surface area contributed by atoms with Crippen LogP contribution in [-0.2, 0) is 10.0 Å². The molecule has 0 spiro atoms. The maximum absolute atomic E-state index is 13.3. The highest BCUT2D eigenvalue weighted by atomic mass is 32.2. The number of nitrogen functional groups attached to an aromatic ring is 1. The molecule has 0 saturated carbocycles. The van der Waals surface area contributed by atoms with Gasteiger partial charge in [-0.05, 0) is 50.6 Å². The lowest BCUT2D eigenvalue weighted by molar-refractivity contribution is 0.233. The molecule has 118 valence electrons. The van der Waals surface area contributed by atoms with Crippen LogP contribution in [0.15, 0.2) is 17.0 Å². The normalized spacial score (nSPS) is 17.0. The monoisotopic (exact) mass is 315 g/mol. The van der Waals surface area contributed by atoms with Crippen molar-refractivity contribution < 1.29 is 12.8 Å². The van der Waals surface area contributed by atoms with Crippen molar-refractivity contribution in [2.75, 3.05) is 31.9 Å². The number of nitrogens with zero attached hydrogens (tertiary/aromatic N) is 1. The number of piperidine rings is 1. The maximum Gasteiger partial charge on any atom is 0.240 e.